The number of anilines is 1. The Morgan fingerprint density at radius 1 is 1.19 bits per heavy atom. The summed E-state index contributed by atoms with van der Waals surface area (Å²) < 4.78 is 0.897. The normalized spacial score (nSPS) is 10.2. The van der Waals surface area contributed by atoms with E-state index in [2.05, 4.69) is 21.2 Å². The minimum atomic E-state index is -0.196. The largest absolute Gasteiger partial charge is 0.389 e. The second kappa shape index (κ2) is 6.37. The summed E-state index contributed by atoms with van der Waals surface area (Å²) in [5, 5.41) is 2.87. The van der Waals surface area contributed by atoms with Gasteiger partial charge in [0, 0.05) is 15.6 Å². The number of amides is 1. The number of carbonyl (C=O) groups excluding carboxylic acids is 1. The molecule has 2 aromatic carbocycles. The van der Waals surface area contributed by atoms with Crippen LogP contribution in [0.4, 0.5) is 5.69 Å². The lowest BCUT2D eigenvalue weighted by Gasteiger charge is -2.13. The second-order valence-corrected chi connectivity index (χ2v) is 6.07. The number of rotatable bonds is 3. The highest BCUT2D eigenvalue weighted by Gasteiger charge is 2.13. The molecule has 0 fully saturated rings. The van der Waals surface area contributed by atoms with Crippen molar-refractivity contribution in [2.75, 3.05) is 5.32 Å². The van der Waals surface area contributed by atoms with Crippen molar-refractivity contribution in [2.24, 2.45) is 5.73 Å². The lowest BCUT2D eigenvalue weighted by molar-refractivity contribution is 0.102. The number of thiocarbonyl (C=S) groups is 1. The van der Waals surface area contributed by atoms with Gasteiger partial charge in [-0.2, -0.15) is 0 Å². The summed E-state index contributed by atoms with van der Waals surface area (Å²) in [6, 6.07) is 11.0. The molecule has 0 aliphatic rings. The number of benzene rings is 2. The maximum Gasteiger partial charge on any atom is 0.255 e. The van der Waals surface area contributed by atoms with E-state index in [0.717, 1.165) is 15.6 Å². The van der Waals surface area contributed by atoms with Gasteiger partial charge in [0.25, 0.3) is 5.91 Å². The van der Waals surface area contributed by atoms with Crippen LogP contribution in [0.25, 0.3) is 0 Å². The van der Waals surface area contributed by atoms with E-state index in [-0.39, 0.29) is 10.9 Å². The fourth-order valence-electron chi connectivity index (χ4n) is 2.03. The van der Waals surface area contributed by atoms with Crippen molar-refractivity contribution in [1.82, 2.24) is 0 Å². The van der Waals surface area contributed by atoms with Gasteiger partial charge in [0.1, 0.15) is 4.99 Å². The highest BCUT2D eigenvalue weighted by molar-refractivity contribution is 9.10. The number of nitrogens with one attached hydrogen (secondary N) is 1. The Balaban J connectivity index is 2.34. The summed E-state index contributed by atoms with van der Waals surface area (Å²) in [7, 11) is 0. The zero-order chi connectivity index (χ0) is 15.6. The molecule has 0 aliphatic heterocycles. The summed E-state index contributed by atoms with van der Waals surface area (Å²) >= 11 is 8.49. The Bertz CT molecular complexity index is 728. The van der Waals surface area contributed by atoms with Gasteiger partial charge in [0.15, 0.2) is 0 Å². The Kier molecular flexibility index (Phi) is 4.75. The summed E-state index contributed by atoms with van der Waals surface area (Å²) in [5.41, 5.74) is 9.66. The number of carbonyl (C=O) groups is 1. The van der Waals surface area contributed by atoms with Crippen LogP contribution in [-0.2, 0) is 0 Å². The first-order valence-electron chi connectivity index (χ1n) is 6.37. The minimum absolute atomic E-state index is 0.196. The third-order valence-corrected chi connectivity index (χ3v) is 4.26. The van der Waals surface area contributed by atoms with Crippen molar-refractivity contribution in [3.8, 4) is 0 Å². The molecule has 2 rings (SSSR count). The molecule has 0 spiro atoms. The molecule has 1 amide bonds. The van der Waals surface area contributed by atoms with E-state index in [4.69, 9.17) is 18.0 Å². The van der Waals surface area contributed by atoms with E-state index < -0.39 is 0 Å². The average Bonchev–Trinajstić information content (AvgIpc) is 2.41. The maximum atomic E-state index is 12.3. The maximum absolute atomic E-state index is 12.3. The van der Waals surface area contributed by atoms with Gasteiger partial charge in [0.2, 0.25) is 0 Å². The number of nitrogens with two attached hydrogens (primary N) is 1. The highest BCUT2D eigenvalue weighted by atomic mass is 79.9. The number of hydrogen-bond donors (Lipinski definition) is 2. The molecular formula is C16H15BrN2OS. The SMILES string of the molecule is Cc1ccc(C(=O)Nc2cccc(C)c2C(N)=S)cc1Br. The van der Waals surface area contributed by atoms with E-state index in [1.807, 2.05) is 32.0 Å². The van der Waals surface area contributed by atoms with Gasteiger partial charge in [-0.3, -0.25) is 4.79 Å². The van der Waals surface area contributed by atoms with Crippen molar-refractivity contribution in [1.29, 1.82) is 0 Å². The van der Waals surface area contributed by atoms with Crippen molar-refractivity contribution in [3.05, 3.63) is 63.1 Å². The molecule has 0 heterocycles. The number of hydrogen-bond acceptors (Lipinski definition) is 2. The summed E-state index contributed by atoms with van der Waals surface area (Å²) in [5.74, 6) is -0.196. The predicted molar refractivity (Wildman–Crippen MR) is 93.9 cm³/mol. The van der Waals surface area contributed by atoms with Crippen LogP contribution in [0, 0.1) is 13.8 Å². The molecule has 0 atom stereocenters. The van der Waals surface area contributed by atoms with Crippen LogP contribution in [0.1, 0.15) is 27.0 Å². The van der Waals surface area contributed by atoms with Gasteiger partial charge in [-0.15, -0.1) is 0 Å². The number of aryl methyl sites for hydroxylation is 2. The topological polar surface area (TPSA) is 55.1 Å². The Morgan fingerprint density at radius 3 is 2.52 bits per heavy atom. The average molecular weight is 363 g/mol. The molecule has 0 radical (unpaired) electrons. The van der Waals surface area contributed by atoms with E-state index in [9.17, 15) is 4.79 Å². The fraction of sp³-hybridized carbons (Fsp3) is 0.125. The van der Waals surface area contributed by atoms with Crippen LogP contribution in [0.15, 0.2) is 40.9 Å². The molecular weight excluding hydrogens is 348 g/mol. The van der Waals surface area contributed by atoms with E-state index in [1.165, 1.54) is 0 Å². The molecule has 0 unspecified atom stereocenters. The van der Waals surface area contributed by atoms with Gasteiger partial charge < -0.3 is 11.1 Å². The van der Waals surface area contributed by atoms with Gasteiger partial charge in [-0.1, -0.05) is 46.3 Å². The molecule has 0 saturated heterocycles. The first-order chi connectivity index (χ1) is 9.90. The molecule has 5 heteroatoms. The van der Waals surface area contributed by atoms with Crippen molar-refractivity contribution < 1.29 is 4.79 Å². The molecule has 0 aliphatic carbocycles. The fourth-order valence-corrected chi connectivity index (χ4v) is 2.68. The van der Waals surface area contributed by atoms with E-state index in [1.54, 1.807) is 18.2 Å². The highest BCUT2D eigenvalue weighted by Crippen LogP contribution is 2.22. The Morgan fingerprint density at radius 2 is 1.90 bits per heavy atom. The summed E-state index contributed by atoms with van der Waals surface area (Å²) in [6.07, 6.45) is 0. The molecule has 0 bridgehead atoms. The van der Waals surface area contributed by atoms with Crippen molar-refractivity contribution in [3.63, 3.8) is 0 Å². The summed E-state index contributed by atoms with van der Waals surface area (Å²) in [6.45, 7) is 3.88. The third kappa shape index (κ3) is 3.49. The van der Waals surface area contributed by atoms with Crippen molar-refractivity contribution in [2.45, 2.75) is 13.8 Å². The van der Waals surface area contributed by atoms with Crippen LogP contribution in [0.2, 0.25) is 0 Å². The zero-order valence-corrected chi connectivity index (χ0v) is 14.1. The molecule has 0 aromatic heterocycles. The minimum Gasteiger partial charge on any atom is -0.389 e. The van der Waals surface area contributed by atoms with Crippen LogP contribution < -0.4 is 11.1 Å². The van der Waals surface area contributed by atoms with Crippen LogP contribution in [0.3, 0.4) is 0 Å². The van der Waals surface area contributed by atoms with E-state index >= 15 is 0 Å². The zero-order valence-electron chi connectivity index (χ0n) is 11.7. The molecule has 21 heavy (non-hydrogen) atoms. The van der Waals surface area contributed by atoms with Crippen LogP contribution in [0.5, 0.6) is 0 Å². The van der Waals surface area contributed by atoms with Gasteiger partial charge in [0.05, 0.1) is 5.69 Å². The number of halogens is 1. The molecule has 2 aromatic rings. The van der Waals surface area contributed by atoms with Crippen LogP contribution in [-0.4, -0.2) is 10.9 Å². The Labute approximate surface area is 137 Å². The second-order valence-electron chi connectivity index (χ2n) is 4.78. The smallest absolute Gasteiger partial charge is 0.255 e. The first-order valence-corrected chi connectivity index (χ1v) is 7.57. The Hall–Kier alpha value is -1.72. The third-order valence-electron chi connectivity index (χ3n) is 3.20. The van der Waals surface area contributed by atoms with Crippen molar-refractivity contribution >= 4 is 44.7 Å². The summed E-state index contributed by atoms with van der Waals surface area (Å²) in [4.78, 5) is 12.6. The van der Waals surface area contributed by atoms with Gasteiger partial charge in [-0.05, 0) is 43.2 Å². The molecule has 0 saturated carbocycles. The monoisotopic (exact) mass is 362 g/mol. The molecule has 3 N–H and O–H groups in total. The predicted octanol–water partition coefficient (Wildman–Crippen LogP) is 3.95. The molecule has 108 valence electrons. The van der Waals surface area contributed by atoms with Gasteiger partial charge in [-0.25, -0.2) is 0 Å². The van der Waals surface area contributed by atoms with Crippen LogP contribution >= 0.6 is 28.1 Å². The lowest BCUT2D eigenvalue weighted by atomic mass is 10.1. The lowest BCUT2D eigenvalue weighted by Crippen LogP contribution is -2.18. The first kappa shape index (κ1) is 15.7. The van der Waals surface area contributed by atoms with Gasteiger partial charge >= 0.3 is 0 Å². The quantitative estimate of drug-likeness (QED) is 0.812. The van der Waals surface area contributed by atoms with E-state index in [0.29, 0.717) is 16.8 Å². The standard InChI is InChI=1S/C16H15BrN2OS/c1-9-6-7-11(8-12(9)17)16(20)19-13-5-3-4-10(2)14(13)15(18)21/h3-8H,1-2H3,(H2,18,21)(H,19,20). The molecule has 3 nitrogen and oxygen atoms in total.